The summed E-state index contributed by atoms with van der Waals surface area (Å²) in [7, 11) is 1.80. The van der Waals surface area contributed by atoms with Gasteiger partial charge in [0, 0.05) is 19.6 Å². The molecule has 1 aliphatic heterocycles. The Kier molecular flexibility index (Phi) is 6.49. The van der Waals surface area contributed by atoms with E-state index in [0.717, 1.165) is 25.2 Å². The molecule has 1 saturated heterocycles. The maximum atomic E-state index is 14.7. The fourth-order valence-electron chi connectivity index (χ4n) is 3.64. The van der Waals surface area contributed by atoms with Crippen LogP contribution in [0.5, 0.6) is 11.5 Å². The molecule has 6 nitrogen and oxygen atoms in total. The van der Waals surface area contributed by atoms with Gasteiger partial charge in [-0.1, -0.05) is 30.3 Å². The Labute approximate surface area is 180 Å². The van der Waals surface area contributed by atoms with E-state index >= 15 is 0 Å². The first-order chi connectivity index (χ1) is 15.0. The number of hydrogen-bond acceptors (Lipinski definition) is 5. The molecule has 32 heavy (non-hydrogen) atoms. The zero-order valence-corrected chi connectivity index (χ0v) is 17.1. The molecule has 0 radical (unpaired) electrons. The quantitative estimate of drug-likeness (QED) is 0.625. The summed E-state index contributed by atoms with van der Waals surface area (Å²) in [5.41, 5.74) is -2.59. The second-order valence-electron chi connectivity index (χ2n) is 7.21. The van der Waals surface area contributed by atoms with Crippen molar-refractivity contribution in [3.8, 4) is 11.5 Å². The van der Waals surface area contributed by atoms with E-state index in [4.69, 9.17) is 9.47 Å². The Bertz CT molecular complexity index is 985. The highest BCUT2D eigenvalue weighted by atomic mass is 19.4. The number of halogens is 5. The number of methoxy groups -OCH3 is 2. The fourth-order valence-corrected chi connectivity index (χ4v) is 3.64. The summed E-state index contributed by atoms with van der Waals surface area (Å²) in [6, 6.07) is 7.70. The molecule has 174 valence electrons. The molecular formula is C21H20F5NO5. The van der Waals surface area contributed by atoms with E-state index in [2.05, 4.69) is 4.74 Å². The van der Waals surface area contributed by atoms with Crippen molar-refractivity contribution in [3.63, 3.8) is 0 Å². The van der Waals surface area contributed by atoms with Crippen LogP contribution in [-0.4, -0.2) is 49.7 Å². The molecule has 11 heteroatoms. The Balaban J connectivity index is 2.06. The van der Waals surface area contributed by atoms with Gasteiger partial charge >= 0.3 is 12.1 Å². The van der Waals surface area contributed by atoms with E-state index in [-0.39, 0.29) is 6.61 Å². The lowest BCUT2D eigenvalue weighted by Crippen LogP contribution is -2.49. The normalized spacial score (nSPS) is 21.0. The molecule has 0 aromatic heterocycles. The van der Waals surface area contributed by atoms with Gasteiger partial charge in [0.25, 0.3) is 0 Å². The maximum Gasteiger partial charge on any atom is 0.419 e. The van der Waals surface area contributed by atoms with Crippen LogP contribution in [-0.2, 0) is 16.1 Å². The maximum absolute atomic E-state index is 14.7. The van der Waals surface area contributed by atoms with Gasteiger partial charge in [-0.15, -0.1) is 0 Å². The lowest BCUT2D eigenvalue weighted by atomic mass is 9.99. The number of ether oxygens (including phenoxy) is 3. The number of aliphatic carboxylic acids is 1. The summed E-state index contributed by atoms with van der Waals surface area (Å²) in [5.74, 6) is -5.87. The van der Waals surface area contributed by atoms with E-state index in [1.807, 2.05) is 0 Å². The first-order valence-corrected chi connectivity index (χ1v) is 9.38. The van der Waals surface area contributed by atoms with Gasteiger partial charge in [-0.25, -0.2) is 4.79 Å². The van der Waals surface area contributed by atoms with Crippen LogP contribution in [0.25, 0.3) is 0 Å². The number of benzene rings is 2. The molecular weight excluding hydrogens is 441 g/mol. The van der Waals surface area contributed by atoms with Crippen LogP contribution in [0.15, 0.2) is 36.4 Å². The zero-order chi connectivity index (χ0) is 23.7. The van der Waals surface area contributed by atoms with E-state index in [1.54, 1.807) is 30.3 Å². The lowest BCUT2D eigenvalue weighted by Gasteiger charge is -2.31. The molecule has 1 heterocycles. The minimum atomic E-state index is -4.91. The topological polar surface area (TPSA) is 68.2 Å². The summed E-state index contributed by atoms with van der Waals surface area (Å²) in [6.07, 6.45) is -5.87. The minimum Gasteiger partial charge on any atom is -0.491 e. The third-order valence-electron chi connectivity index (χ3n) is 5.38. The van der Waals surface area contributed by atoms with Crippen molar-refractivity contribution in [2.24, 2.45) is 0 Å². The lowest BCUT2D eigenvalue weighted by molar-refractivity contribution is -0.261. The molecule has 0 aliphatic carbocycles. The summed E-state index contributed by atoms with van der Waals surface area (Å²) >= 11 is 0. The van der Waals surface area contributed by atoms with Crippen LogP contribution >= 0.6 is 0 Å². The van der Waals surface area contributed by atoms with Gasteiger partial charge in [0.1, 0.15) is 12.6 Å². The molecule has 1 fully saturated rings. The highest BCUT2D eigenvalue weighted by Crippen LogP contribution is 2.48. The van der Waals surface area contributed by atoms with Gasteiger partial charge in [0.05, 0.1) is 19.3 Å². The summed E-state index contributed by atoms with van der Waals surface area (Å²) in [4.78, 5) is 12.5. The summed E-state index contributed by atoms with van der Waals surface area (Å²) in [6.45, 7) is -1.13. The average Bonchev–Trinajstić information content (AvgIpc) is 3.17. The molecule has 1 unspecified atom stereocenters. The van der Waals surface area contributed by atoms with Crippen LogP contribution in [0.4, 0.5) is 27.6 Å². The standard InChI is InChI=1S/C21H20F5NO5/c1-30-18-13(27-11-20(31-2,21(24,25)26)9-14(27)19(28)29)8-15(16(22)17(18)23)32-10-12-6-4-3-5-7-12/h3-8,14H,9-11H2,1-2H3,(H,28,29)/t14-,20?/m0/s1. The molecule has 3 rings (SSSR count). The van der Waals surface area contributed by atoms with Crippen molar-refractivity contribution in [3.05, 3.63) is 53.6 Å². The smallest absolute Gasteiger partial charge is 0.419 e. The Morgan fingerprint density at radius 1 is 1.19 bits per heavy atom. The average molecular weight is 461 g/mol. The Morgan fingerprint density at radius 3 is 2.38 bits per heavy atom. The van der Waals surface area contributed by atoms with Gasteiger partial charge < -0.3 is 24.2 Å². The summed E-state index contributed by atoms with van der Waals surface area (Å²) in [5, 5.41) is 9.54. The number of carboxylic acid groups (broad SMARTS) is 1. The third kappa shape index (κ3) is 4.16. The number of carboxylic acids is 1. The Morgan fingerprint density at radius 2 is 1.84 bits per heavy atom. The van der Waals surface area contributed by atoms with Crippen LogP contribution in [0.1, 0.15) is 12.0 Å². The highest BCUT2D eigenvalue weighted by molar-refractivity contribution is 5.81. The van der Waals surface area contributed by atoms with Crippen molar-refractivity contribution in [1.29, 1.82) is 0 Å². The van der Waals surface area contributed by atoms with Crippen LogP contribution in [0.3, 0.4) is 0 Å². The molecule has 1 N–H and O–H groups in total. The van der Waals surface area contributed by atoms with Gasteiger partial charge in [-0.05, 0) is 5.56 Å². The van der Waals surface area contributed by atoms with Crippen LogP contribution in [0.2, 0.25) is 0 Å². The molecule has 2 atom stereocenters. The van der Waals surface area contributed by atoms with Gasteiger partial charge in [0.2, 0.25) is 11.6 Å². The molecule has 0 amide bonds. The van der Waals surface area contributed by atoms with E-state index in [1.165, 1.54) is 0 Å². The van der Waals surface area contributed by atoms with Gasteiger partial charge in [-0.2, -0.15) is 22.0 Å². The first kappa shape index (κ1) is 23.6. The third-order valence-corrected chi connectivity index (χ3v) is 5.38. The van der Waals surface area contributed by atoms with E-state index < -0.39 is 65.6 Å². The number of alkyl halides is 3. The molecule has 0 spiro atoms. The fraction of sp³-hybridized carbons (Fsp3) is 0.381. The molecule has 2 aromatic rings. The molecule has 1 aliphatic rings. The van der Waals surface area contributed by atoms with Crippen molar-refractivity contribution >= 4 is 11.7 Å². The van der Waals surface area contributed by atoms with Gasteiger partial charge in [-0.3, -0.25) is 0 Å². The molecule has 0 bridgehead atoms. The van der Waals surface area contributed by atoms with Crippen molar-refractivity contribution in [1.82, 2.24) is 0 Å². The number of anilines is 1. The Hall–Kier alpha value is -3.08. The van der Waals surface area contributed by atoms with E-state index in [0.29, 0.717) is 5.56 Å². The second kappa shape index (κ2) is 8.81. The number of hydrogen-bond donors (Lipinski definition) is 1. The molecule has 0 saturated carbocycles. The van der Waals surface area contributed by atoms with Crippen LogP contribution in [0, 0.1) is 11.6 Å². The van der Waals surface area contributed by atoms with Gasteiger partial charge in [0.15, 0.2) is 17.1 Å². The van der Waals surface area contributed by atoms with Crippen molar-refractivity contribution in [2.75, 3.05) is 25.7 Å². The van der Waals surface area contributed by atoms with Crippen molar-refractivity contribution < 1.29 is 46.1 Å². The second-order valence-corrected chi connectivity index (χ2v) is 7.21. The monoisotopic (exact) mass is 461 g/mol. The highest BCUT2D eigenvalue weighted by Gasteiger charge is 2.63. The first-order valence-electron chi connectivity index (χ1n) is 9.38. The number of rotatable bonds is 7. The number of carbonyl (C=O) groups is 1. The summed E-state index contributed by atoms with van der Waals surface area (Å²) < 4.78 is 85.4. The minimum absolute atomic E-state index is 0.157. The van der Waals surface area contributed by atoms with E-state index in [9.17, 15) is 31.9 Å². The van der Waals surface area contributed by atoms with Crippen molar-refractivity contribution in [2.45, 2.75) is 30.8 Å². The SMILES string of the molecule is COc1c(N2CC(OC)(C(F)(F)F)C[C@H]2C(=O)O)cc(OCc2ccccc2)c(F)c1F. The predicted molar refractivity (Wildman–Crippen MR) is 103 cm³/mol. The molecule has 2 aromatic carbocycles. The van der Waals surface area contributed by atoms with Crippen LogP contribution < -0.4 is 14.4 Å². The number of nitrogens with zero attached hydrogens (tertiary/aromatic N) is 1. The largest absolute Gasteiger partial charge is 0.491 e. The zero-order valence-electron chi connectivity index (χ0n) is 17.1. The predicted octanol–water partition coefficient (Wildman–Crippen LogP) is 4.16.